The van der Waals surface area contributed by atoms with Crippen LogP contribution in [0.25, 0.3) is 11.3 Å². The highest BCUT2D eigenvalue weighted by Gasteiger charge is 2.09. The first-order valence-corrected chi connectivity index (χ1v) is 5.80. The Kier molecular flexibility index (Phi) is 3.12. The summed E-state index contributed by atoms with van der Waals surface area (Å²) in [5.74, 6) is 1.57. The first kappa shape index (κ1) is 10.7. The number of hydrogen-bond acceptors (Lipinski definition) is 2. The average molecular weight is 287 g/mol. The summed E-state index contributed by atoms with van der Waals surface area (Å²) in [4.78, 5) is 4.06. The average Bonchev–Trinajstić information content (AvgIpc) is 2.70. The molecule has 15 heavy (non-hydrogen) atoms. The molecule has 1 aromatic heterocycles. The van der Waals surface area contributed by atoms with E-state index in [1.807, 2.05) is 25.1 Å². The van der Waals surface area contributed by atoms with Crippen LogP contribution < -0.4 is 0 Å². The quantitative estimate of drug-likeness (QED) is 0.775. The van der Waals surface area contributed by atoms with Crippen molar-refractivity contribution in [2.45, 2.75) is 12.8 Å². The summed E-state index contributed by atoms with van der Waals surface area (Å²) < 4.78 is 6.47. The van der Waals surface area contributed by atoms with Crippen molar-refractivity contribution in [1.82, 2.24) is 4.98 Å². The van der Waals surface area contributed by atoms with E-state index in [0.717, 1.165) is 15.8 Å². The van der Waals surface area contributed by atoms with Gasteiger partial charge in [-0.1, -0.05) is 27.6 Å². The maximum absolute atomic E-state index is 5.63. The van der Waals surface area contributed by atoms with E-state index < -0.39 is 0 Å². The van der Waals surface area contributed by atoms with Gasteiger partial charge in [0.15, 0.2) is 5.76 Å². The van der Waals surface area contributed by atoms with Crippen LogP contribution in [0.1, 0.15) is 11.5 Å². The smallest absolute Gasteiger partial charge is 0.209 e. The molecule has 2 nitrogen and oxygen atoms in total. The molecule has 0 saturated heterocycles. The Morgan fingerprint density at radius 2 is 2.27 bits per heavy atom. The minimum absolute atomic E-state index is 0.295. The third kappa shape index (κ3) is 2.24. The first-order chi connectivity index (χ1) is 7.20. The largest absolute Gasteiger partial charge is 0.439 e. The first-order valence-electron chi connectivity index (χ1n) is 4.48. The lowest BCUT2D eigenvalue weighted by Crippen LogP contribution is -1.79. The van der Waals surface area contributed by atoms with Crippen molar-refractivity contribution in [3.63, 3.8) is 0 Å². The molecule has 2 aromatic rings. The van der Waals surface area contributed by atoms with Crippen LogP contribution >= 0.6 is 27.5 Å². The number of benzene rings is 1. The van der Waals surface area contributed by atoms with Gasteiger partial charge in [-0.05, 0) is 19.1 Å². The van der Waals surface area contributed by atoms with Gasteiger partial charge in [-0.3, -0.25) is 0 Å². The maximum Gasteiger partial charge on any atom is 0.209 e. The lowest BCUT2D eigenvalue weighted by Gasteiger charge is -2.01. The number of halogens is 2. The zero-order valence-electron chi connectivity index (χ0n) is 8.13. The highest BCUT2D eigenvalue weighted by molar-refractivity contribution is 9.10. The molecule has 0 amide bonds. The summed E-state index contributed by atoms with van der Waals surface area (Å²) in [7, 11) is 0. The number of aryl methyl sites for hydroxylation is 1. The van der Waals surface area contributed by atoms with Gasteiger partial charge in [0.05, 0.1) is 12.1 Å². The third-order valence-electron chi connectivity index (χ3n) is 2.06. The summed E-state index contributed by atoms with van der Waals surface area (Å²) >= 11 is 9.11. The summed E-state index contributed by atoms with van der Waals surface area (Å²) in [6.07, 6.45) is 1.69. The molecule has 0 bridgehead atoms. The van der Waals surface area contributed by atoms with Gasteiger partial charge in [0, 0.05) is 10.0 Å². The van der Waals surface area contributed by atoms with Gasteiger partial charge in [0.1, 0.15) is 0 Å². The number of rotatable bonds is 2. The molecule has 0 aliphatic heterocycles. The Hall–Kier alpha value is -0.800. The van der Waals surface area contributed by atoms with Gasteiger partial charge >= 0.3 is 0 Å². The van der Waals surface area contributed by atoms with Gasteiger partial charge in [-0.2, -0.15) is 0 Å². The fourth-order valence-electron chi connectivity index (χ4n) is 1.32. The van der Waals surface area contributed by atoms with E-state index in [4.69, 9.17) is 16.0 Å². The van der Waals surface area contributed by atoms with Crippen LogP contribution in [0.4, 0.5) is 0 Å². The van der Waals surface area contributed by atoms with Crippen molar-refractivity contribution in [2.75, 3.05) is 0 Å². The Morgan fingerprint density at radius 1 is 1.47 bits per heavy atom. The van der Waals surface area contributed by atoms with E-state index in [1.54, 1.807) is 6.20 Å². The fourth-order valence-corrected chi connectivity index (χ4v) is 1.89. The van der Waals surface area contributed by atoms with Crippen molar-refractivity contribution in [2.24, 2.45) is 0 Å². The molecule has 0 atom stereocenters. The van der Waals surface area contributed by atoms with E-state index in [0.29, 0.717) is 11.8 Å². The molecule has 0 unspecified atom stereocenters. The molecule has 78 valence electrons. The number of alkyl halides is 1. The second-order valence-corrected chi connectivity index (χ2v) is 4.36. The van der Waals surface area contributed by atoms with Crippen LogP contribution in [0.15, 0.2) is 33.3 Å². The molecule has 0 spiro atoms. The number of aromatic nitrogens is 1. The fraction of sp³-hybridized carbons (Fsp3) is 0.182. The van der Waals surface area contributed by atoms with E-state index >= 15 is 0 Å². The molecule has 1 aromatic carbocycles. The van der Waals surface area contributed by atoms with Crippen LogP contribution in [0, 0.1) is 6.92 Å². The SMILES string of the molecule is Cc1ccc(Br)c(-c2cnc(CCl)o2)c1. The monoisotopic (exact) mass is 285 g/mol. The maximum atomic E-state index is 5.63. The van der Waals surface area contributed by atoms with E-state index in [2.05, 4.69) is 20.9 Å². The molecule has 1 heterocycles. The van der Waals surface area contributed by atoms with Crippen molar-refractivity contribution in [1.29, 1.82) is 0 Å². The minimum atomic E-state index is 0.295. The van der Waals surface area contributed by atoms with Gasteiger partial charge in [-0.15, -0.1) is 11.6 Å². The molecule has 0 saturated carbocycles. The normalized spacial score (nSPS) is 10.6. The van der Waals surface area contributed by atoms with Gasteiger partial charge < -0.3 is 4.42 Å². The number of nitrogens with zero attached hydrogens (tertiary/aromatic N) is 1. The Morgan fingerprint density at radius 3 is 2.93 bits per heavy atom. The third-order valence-corrected chi connectivity index (χ3v) is 2.98. The van der Waals surface area contributed by atoms with E-state index in [9.17, 15) is 0 Å². The summed E-state index contributed by atoms with van der Waals surface area (Å²) in [6, 6.07) is 6.07. The lowest BCUT2D eigenvalue weighted by molar-refractivity contribution is 0.528. The van der Waals surface area contributed by atoms with E-state index in [-0.39, 0.29) is 0 Å². The van der Waals surface area contributed by atoms with E-state index in [1.165, 1.54) is 5.56 Å². The zero-order valence-corrected chi connectivity index (χ0v) is 10.5. The number of hydrogen-bond donors (Lipinski definition) is 0. The van der Waals surface area contributed by atoms with Crippen molar-refractivity contribution >= 4 is 27.5 Å². The molecule has 4 heteroatoms. The van der Waals surface area contributed by atoms with Crippen LogP contribution in [0.3, 0.4) is 0 Å². The Balaban J connectivity index is 2.48. The van der Waals surface area contributed by atoms with Crippen molar-refractivity contribution in [3.05, 3.63) is 40.3 Å². The molecule has 0 fully saturated rings. The molecule has 0 N–H and O–H groups in total. The second kappa shape index (κ2) is 4.37. The second-order valence-electron chi connectivity index (χ2n) is 3.24. The summed E-state index contributed by atoms with van der Waals surface area (Å²) in [6.45, 7) is 2.04. The van der Waals surface area contributed by atoms with Gasteiger partial charge in [-0.25, -0.2) is 4.98 Å². The van der Waals surface area contributed by atoms with Gasteiger partial charge in [0.25, 0.3) is 0 Å². The van der Waals surface area contributed by atoms with Crippen LogP contribution in [-0.4, -0.2) is 4.98 Å². The molecule has 0 aliphatic rings. The Bertz CT molecular complexity index is 481. The highest BCUT2D eigenvalue weighted by Crippen LogP contribution is 2.29. The minimum Gasteiger partial charge on any atom is -0.439 e. The lowest BCUT2D eigenvalue weighted by atomic mass is 10.1. The molecule has 0 aliphatic carbocycles. The van der Waals surface area contributed by atoms with Crippen LogP contribution in [0.5, 0.6) is 0 Å². The molecular weight excluding hydrogens is 277 g/mol. The van der Waals surface area contributed by atoms with Crippen molar-refractivity contribution in [3.8, 4) is 11.3 Å². The zero-order chi connectivity index (χ0) is 10.8. The summed E-state index contributed by atoms with van der Waals surface area (Å²) in [5, 5.41) is 0. The van der Waals surface area contributed by atoms with Crippen LogP contribution in [0.2, 0.25) is 0 Å². The van der Waals surface area contributed by atoms with Crippen molar-refractivity contribution < 1.29 is 4.42 Å². The molecule has 0 radical (unpaired) electrons. The topological polar surface area (TPSA) is 26.0 Å². The van der Waals surface area contributed by atoms with Crippen LogP contribution in [-0.2, 0) is 5.88 Å². The highest BCUT2D eigenvalue weighted by atomic mass is 79.9. The Labute approximate surface area is 101 Å². The van der Waals surface area contributed by atoms with Gasteiger partial charge in [0.2, 0.25) is 5.89 Å². The number of oxazole rings is 1. The predicted octanol–water partition coefficient (Wildman–Crippen LogP) is 4.15. The molecular formula is C11H9BrClNO. The predicted molar refractivity (Wildman–Crippen MR) is 63.9 cm³/mol. The standard InChI is InChI=1S/C11H9BrClNO/c1-7-2-3-9(12)8(4-7)10-6-14-11(5-13)15-10/h2-4,6H,5H2,1H3. The molecule has 2 rings (SSSR count). The summed E-state index contributed by atoms with van der Waals surface area (Å²) in [5.41, 5.74) is 2.18.